The van der Waals surface area contributed by atoms with E-state index in [9.17, 15) is 4.79 Å². The molecule has 1 atom stereocenters. The summed E-state index contributed by atoms with van der Waals surface area (Å²) in [6.45, 7) is 7.62. The molecule has 18 heavy (non-hydrogen) atoms. The number of aliphatic hydroxyl groups is 1. The number of nitrogens with one attached hydrogen (secondary N) is 1. The van der Waals surface area contributed by atoms with Crippen molar-refractivity contribution in [3.63, 3.8) is 0 Å². The van der Waals surface area contributed by atoms with Crippen LogP contribution in [-0.4, -0.2) is 28.8 Å². The zero-order valence-corrected chi connectivity index (χ0v) is 11.5. The number of nitrogens with zero attached hydrogens (tertiary/aromatic N) is 1. The van der Waals surface area contributed by atoms with Crippen LogP contribution in [0.3, 0.4) is 0 Å². The van der Waals surface area contributed by atoms with Crippen molar-refractivity contribution in [2.24, 2.45) is 5.92 Å². The summed E-state index contributed by atoms with van der Waals surface area (Å²) >= 11 is 0. The van der Waals surface area contributed by atoms with Gasteiger partial charge in [0.1, 0.15) is 5.76 Å². The van der Waals surface area contributed by atoms with E-state index in [1.807, 2.05) is 27.7 Å². The summed E-state index contributed by atoms with van der Waals surface area (Å²) < 4.78 is 5.05. The summed E-state index contributed by atoms with van der Waals surface area (Å²) in [5.41, 5.74) is 1.83. The van der Waals surface area contributed by atoms with E-state index in [1.165, 1.54) is 0 Å². The van der Waals surface area contributed by atoms with E-state index in [4.69, 9.17) is 9.63 Å². The number of rotatable bonds is 6. The van der Waals surface area contributed by atoms with Crippen molar-refractivity contribution in [3.8, 4) is 0 Å². The summed E-state index contributed by atoms with van der Waals surface area (Å²) in [5.74, 6) is 0.934. The van der Waals surface area contributed by atoms with Crippen LogP contribution in [0.15, 0.2) is 4.52 Å². The maximum atomic E-state index is 11.8. The van der Waals surface area contributed by atoms with E-state index in [0.717, 1.165) is 17.0 Å². The van der Waals surface area contributed by atoms with Crippen molar-refractivity contribution in [3.05, 3.63) is 17.0 Å². The molecule has 0 saturated heterocycles. The van der Waals surface area contributed by atoms with Gasteiger partial charge in [-0.25, -0.2) is 0 Å². The second kappa shape index (κ2) is 6.54. The van der Waals surface area contributed by atoms with Crippen LogP contribution in [0.4, 0.5) is 0 Å². The van der Waals surface area contributed by atoms with Gasteiger partial charge in [0, 0.05) is 12.0 Å². The minimum absolute atomic E-state index is 0.0330. The van der Waals surface area contributed by atoms with Crippen molar-refractivity contribution in [2.75, 3.05) is 6.61 Å². The zero-order chi connectivity index (χ0) is 13.7. The molecule has 0 saturated carbocycles. The third-order valence-corrected chi connectivity index (χ3v) is 3.13. The Morgan fingerprint density at radius 2 is 2.11 bits per heavy atom. The fourth-order valence-electron chi connectivity index (χ4n) is 1.80. The van der Waals surface area contributed by atoms with Crippen LogP contribution in [0, 0.1) is 19.8 Å². The Hall–Kier alpha value is -1.36. The molecule has 1 amide bonds. The summed E-state index contributed by atoms with van der Waals surface area (Å²) in [6, 6.07) is -0.179. The number of carbonyl (C=O) groups is 1. The number of hydrogen-bond acceptors (Lipinski definition) is 4. The van der Waals surface area contributed by atoms with E-state index in [2.05, 4.69) is 10.5 Å². The van der Waals surface area contributed by atoms with E-state index >= 15 is 0 Å². The minimum Gasteiger partial charge on any atom is -0.394 e. The van der Waals surface area contributed by atoms with E-state index in [0.29, 0.717) is 12.8 Å². The van der Waals surface area contributed by atoms with Crippen molar-refractivity contribution >= 4 is 5.91 Å². The number of carbonyl (C=O) groups excluding carboxylic acids is 1. The fourth-order valence-corrected chi connectivity index (χ4v) is 1.80. The normalized spacial score (nSPS) is 12.8. The monoisotopic (exact) mass is 254 g/mol. The van der Waals surface area contributed by atoms with Crippen molar-refractivity contribution in [2.45, 2.75) is 46.6 Å². The third-order valence-electron chi connectivity index (χ3n) is 3.13. The number of aryl methyl sites for hydroxylation is 2. The second-order valence-electron chi connectivity index (χ2n) is 4.90. The van der Waals surface area contributed by atoms with Crippen LogP contribution in [0.5, 0.6) is 0 Å². The first-order valence-corrected chi connectivity index (χ1v) is 6.27. The lowest BCUT2D eigenvalue weighted by Gasteiger charge is -2.19. The molecule has 0 radical (unpaired) electrons. The number of aliphatic hydroxyl groups excluding tert-OH is 1. The molecule has 0 fully saturated rings. The number of hydrogen-bond donors (Lipinski definition) is 2. The standard InChI is InChI=1S/C13H22N2O3/c1-8(2)12(7-16)14-13(17)6-5-11-9(3)15-18-10(11)4/h8,12,16H,5-7H2,1-4H3,(H,14,17)/t12-/m1/s1. The molecule has 1 aromatic rings. The summed E-state index contributed by atoms with van der Waals surface area (Å²) in [4.78, 5) is 11.8. The van der Waals surface area contributed by atoms with E-state index in [-0.39, 0.29) is 24.5 Å². The van der Waals surface area contributed by atoms with Crippen molar-refractivity contribution in [1.29, 1.82) is 0 Å². The molecule has 1 rings (SSSR count). The fraction of sp³-hybridized carbons (Fsp3) is 0.692. The predicted molar refractivity (Wildman–Crippen MR) is 68.2 cm³/mol. The van der Waals surface area contributed by atoms with Crippen molar-refractivity contribution in [1.82, 2.24) is 10.5 Å². The molecule has 2 N–H and O–H groups in total. The molecule has 5 nitrogen and oxygen atoms in total. The smallest absolute Gasteiger partial charge is 0.220 e. The van der Waals surface area contributed by atoms with Crippen LogP contribution in [-0.2, 0) is 11.2 Å². The van der Waals surface area contributed by atoms with Gasteiger partial charge >= 0.3 is 0 Å². The van der Waals surface area contributed by atoms with Crippen molar-refractivity contribution < 1.29 is 14.4 Å². The van der Waals surface area contributed by atoms with Gasteiger partial charge in [-0.05, 0) is 26.2 Å². The average Bonchev–Trinajstić information content (AvgIpc) is 2.63. The van der Waals surface area contributed by atoms with Gasteiger partial charge in [0.15, 0.2) is 0 Å². The Labute approximate surface area is 108 Å². The summed E-state index contributed by atoms with van der Waals surface area (Å²) in [5, 5.41) is 15.8. The number of amides is 1. The lowest BCUT2D eigenvalue weighted by Crippen LogP contribution is -2.41. The van der Waals surface area contributed by atoms with Crippen LogP contribution in [0.1, 0.15) is 37.3 Å². The second-order valence-corrected chi connectivity index (χ2v) is 4.90. The largest absolute Gasteiger partial charge is 0.394 e. The Balaban J connectivity index is 2.47. The molecule has 0 aromatic carbocycles. The molecule has 0 aliphatic carbocycles. The molecule has 0 bridgehead atoms. The molecule has 1 heterocycles. The van der Waals surface area contributed by atoms with Gasteiger partial charge in [0.05, 0.1) is 18.3 Å². The van der Waals surface area contributed by atoms with Crippen LogP contribution in [0.25, 0.3) is 0 Å². The highest BCUT2D eigenvalue weighted by Gasteiger charge is 2.16. The van der Waals surface area contributed by atoms with Gasteiger partial charge in [-0.1, -0.05) is 19.0 Å². The molecular weight excluding hydrogens is 232 g/mol. The summed E-state index contributed by atoms with van der Waals surface area (Å²) in [6.07, 6.45) is 0.995. The Morgan fingerprint density at radius 3 is 2.56 bits per heavy atom. The number of aromatic nitrogens is 1. The maximum absolute atomic E-state index is 11.8. The highest BCUT2D eigenvalue weighted by Crippen LogP contribution is 2.14. The molecule has 102 valence electrons. The molecular formula is C13H22N2O3. The quantitative estimate of drug-likeness (QED) is 0.803. The first-order chi connectivity index (χ1) is 8.45. The Bertz CT molecular complexity index is 379. The van der Waals surface area contributed by atoms with Gasteiger partial charge < -0.3 is 14.9 Å². The topological polar surface area (TPSA) is 75.4 Å². The predicted octanol–water partition coefficient (Wildman–Crippen LogP) is 1.36. The van der Waals surface area contributed by atoms with Crippen LogP contribution < -0.4 is 5.32 Å². The molecule has 0 unspecified atom stereocenters. The highest BCUT2D eigenvalue weighted by atomic mass is 16.5. The SMILES string of the molecule is Cc1noc(C)c1CCC(=O)N[C@H](CO)C(C)C. The van der Waals surface area contributed by atoms with Crippen LogP contribution >= 0.6 is 0 Å². The van der Waals surface area contributed by atoms with E-state index in [1.54, 1.807) is 0 Å². The zero-order valence-electron chi connectivity index (χ0n) is 11.5. The lowest BCUT2D eigenvalue weighted by molar-refractivity contribution is -0.122. The van der Waals surface area contributed by atoms with Gasteiger partial charge in [-0.3, -0.25) is 4.79 Å². The van der Waals surface area contributed by atoms with Gasteiger partial charge in [-0.2, -0.15) is 0 Å². The average molecular weight is 254 g/mol. The lowest BCUT2D eigenvalue weighted by atomic mass is 10.0. The van der Waals surface area contributed by atoms with Gasteiger partial charge in [0.25, 0.3) is 0 Å². The van der Waals surface area contributed by atoms with Gasteiger partial charge in [-0.15, -0.1) is 0 Å². The molecule has 0 spiro atoms. The summed E-state index contributed by atoms with van der Waals surface area (Å²) in [7, 11) is 0. The minimum atomic E-state index is -0.179. The molecule has 1 aromatic heterocycles. The first-order valence-electron chi connectivity index (χ1n) is 6.27. The highest BCUT2D eigenvalue weighted by molar-refractivity contribution is 5.76. The first kappa shape index (κ1) is 14.7. The third kappa shape index (κ3) is 3.84. The maximum Gasteiger partial charge on any atom is 0.220 e. The molecule has 5 heteroatoms. The van der Waals surface area contributed by atoms with Gasteiger partial charge in [0.2, 0.25) is 5.91 Å². The van der Waals surface area contributed by atoms with E-state index < -0.39 is 0 Å². The Morgan fingerprint density at radius 1 is 1.44 bits per heavy atom. The molecule has 0 aliphatic rings. The molecule has 0 aliphatic heterocycles. The Kier molecular flexibility index (Phi) is 5.34. The van der Waals surface area contributed by atoms with Crippen LogP contribution in [0.2, 0.25) is 0 Å².